The van der Waals surface area contributed by atoms with Crippen molar-refractivity contribution in [3.05, 3.63) is 71.8 Å². The quantitative estimate of drug-likeness (QED) is 0.686. The van der Waals surface area contributed by atoms with Gasteiger partial charge in [-0.2, -0.15) is 0 Å². The van der Waals surface area contributed by atoms with E-state index in [0.717, 1.165) is 16.5 Å². The van der Waals surface area contributed by atoms with Crippen LogP contribution in [0, 0.1) is 0 Å². The van der Waals surface area contributed by atoms with Crippen LogP contribution in [0.4, 0.5) is 0 Å². The van der Waals surface area contributed by atoms with E-state index in [-0.39, 0.29) is 0 Å². The van der Waals surface area contributed by atoms with E-state index in [0.29, 0.717) is 10.6 Å². The molecule has 1 aromatic heterocycles. The van der Waals surface area contributed by atoms with Crippen molar-refractivity contribution in [1.82, 2.24) is 4.57 Å². The largest absolute Gasteiger partial charge is 0.314 e. The topological polar surface area (TPSA) is 39.1 Å². The third-order valence-corrected chi connectivity index (χ3v) is 5.05. The molecule has 1 aliphatic rings. The Hall–Kier alpha value is -2.33. The highest BCUT2D eigenvalue weighted by molar-refractivity contribution is 7.94. The van der Waals surface area contributed by atoms with Crippen LogP contribution in [0.25, 0.3) is 16.6 Å². The van der Waals surface area contributed by atoms with E-state index >= 15 is 0 Å². The van der Waals surface area contributed by atoms with Crippen LogP contribution < -0.4 is 0 Å². The Morgan fingerprint density at radius 2 is 1.65 bits per heavy atom. The van der Waals surface area contributed by atoms with Gasteiger partial charge in [0.25, 0.3) is 0 Å². The van der Waals surface area contributed by atoms with Gasteiger partial charge in [-0.3, -0.25) is 0 Å². The van der Waals surface area contributed by atoms with Gasteiger partial charge in [-0.05, 0) is 17.7 Å². The number of benzene rings is 2. The fourth-order valence-corrected chi connectivity index (χ4v) is 4.10. The first-order valence-corrected chi connectivity index (χ1v) is 7.84. The fraction of sp³-hybridized carbons (Fsp3) is 0. The summed E-state index contributed by atoms with van der Waals surface area (Å²) in [5.41, 5.74) is 2.34. The van der Waals surface area contributed by atoms with Crippen LogP contribution in [-0.2, 0) is 9.84 Å². The Morgan fingerprint density at radius 1 is 0.850 bits per heavy atom. The zero-order valence-electron chi connectivity index (χ0n) is 10.5. The van der Waals surface area contributed by atoms with Crippen molar-refractivity contribution in [3.63, 3.8) is 0 Å². The molecule has 0 atom stereocenters. The third kappa shape index (κ3) is 1.48. The molecule has 0 bridgehead atoms. The van der Waals surface area contributed by atoms with E-state index in [1.54, 1.807) is 12.1 Å². The Balaban J connectivity index is 2.13. The molecule has 98 valence electrons. The Labute approximate surface area is 116 Å². The van der Waals surface area contributed by atoms with Gasteiger partial charge in [0, 0.05) is 11.6 Å². The molecule has 3 nitrogen and oxygen atoms in total. The van der Waals surface area contributed by atoms with Crippen LogP contribution in [-0.4, -0.2) is 13.0 Å². The van der Waals surface area contributed by atoms with Crippen molar-refractivity contribution in [3.8, 4) is 0 Å². The molecule has 4 heteroatoms. The lowest BCUT2D eigenvalue weighted by molar-refractivity contribution is 0.604. The number of hydrogen-bond donors (Lipinski definition) is 0. The summed E-state index contributed by atoms with van der Waals surface area (Å²) in [7, 11) is -3.40. The monoisotopic (exact) mass is 281 g/mol. The molecule has 0 radical (unpaired) electrons. The smallest absolute Gasteiger partial charge is 0.203 e. The van der Waals surface area contributed by atoms with Crippen molar-refractivity contribution in [2.24, 2.45) is 0 Å². The van der Waals surface area contributed by atoms with Crippen molar-refractivity contribution in [2.45, 2.75) is 4.90 Å². The highest BCUT2D eigenvalue weighted by atomic mass is 32.2. The lowest BCUT2D eigenvalue weighted by Crippen LogP contribution is -2.10. The lowest BCUT2D eigenvalue weighted by atomic mass is 10.1. The first-order valence-electron chi connectivity index (χ1n) is 6.29. The van der Waals surface area contributed by atoms with Gasteiger partial charge in [0.1, 0.15) is 0 Å². The molecule has 0 N–H and O–H groups in total. The zero-order chi connectivity index (χ0) is 13.7. The van der Waals surface area contributed by atoms with Crippen molar-refractivity contribution in [1.29, 1.82) is 0 Å². The van der Waals surface area contributed by atoms with Crippen molar-refractivity contribution in [2.75, 3.05) is 0 Å². The number of sulfone groups is 1. The van der Waals surface area contributed by atoms with Gasteiger partial charge < -0.3 is 4.57 Å². The fourth-order valence-electron chi connectivity index (χ4n) is 2.67. The molecule has 1 aliphatic heterocycles. The van der Waals surface area contributed by atoms with E-state index in [4.69, 9.17) is 0 Å². The summed E-state index contributed by atoms with van der Waals surface area (Å²) in [5, 5.41) is 2.29. The van der Waals surface area contributed by atoms with E-state index in [9.17, 15) is 8.42 Å². The maximum absolute atomic E-state index is 12.5. The Kier molecular flexibility index (Phi) is 2.20. The molecule has 0 unspecified atom stereocenters. The molecule has 0 amide bonds. The van der Waals surface area contributed by atoms with Gasteiger partial charge >= 0.3 is 0 Å². The minimum absolute atomic E-state index is 0.375. The first kappa shape index (κ1) is 11.5. The third-order valence-electron chi connectivity index (χ3n) is 3.58. The summed E-state index contributed by atoms with van der Waals surface area (Å²) in [4.78, 5) is 0.375. The summed E-state index contributed by atoms with van der Waals surface area (Å²) < 4.78 is 26.8. The second-order valence-corrected chi connectivity index (χ2v) is 6.56. The molecule has 0 saturated heterocycles. The van der Waals surface area contributed by atoms with Crippen molar-refractivity contribution < 1.29 is 8.42 Å². The predicted octanol–water partition coefficient (Wildman–Crippen LogP) is 3.28. The van der Waals surface area contributed by atoms with Gasteiger partial charge in [0.2, 0.25) is 9.84 Å². The van der Waals surface area contributed by atoms with Crippen LogP contribution >= 0.6 is 0 Å². The summed E-state index contributed by atoms with van der Waals surface area (Å²) in [5.74, 6) is 0. The first-order chi connectivity index (χ1) is 9.67. The zero-order valence-corrected chi connectivity index (χ0v) is 11.3. The Morgan fingerprint density at radius 3 is 2.45 bits per heavy atom. The number of nitrogens with zero attached hydrogens (tertiary/aromatic N) is 1. The van der Waals surface area contributed by atoms with Gasteiger partial charge in [0.05, 0.1) is 21.5 Å². The molecular formula is C16H11NO2S. The second kappa shape index (κ2) is 3.84. The average Bonchev–Trinajstić information content (AvgIpc) is 2.89. The van der Waals surface area contributed by atoms with E-state index < -0.39 is 9.84 Å². The number of aromatic nitrogens is 1. The molecule has 20 heavy (non-hydrogen) atoms. The molecule has 3 aromatic rings. The summed E-state index contributed by atoms with van der Waals surface area (Å²) in [6.45, 7) is 0. The minimum Gasteiger partial charge on any atom is -0.314 e. The van der Waals surface area contributed by atoms with Gasteiger partial charge in [-0.15, -0.1) is 0 Å². The highest BCUT2D eigenvalue weighted by Gasteiger charge is 2.25. The van der Waals surface area contributed by atoms with Gasteiger partial charge in [-0.25, -0.2) is 8.42 Å². The molecule has 0 aliphatic carbocycles. The van der Waals surface area contributed by atoms with Crippen LogP contribution in [0.2, 0.25) is 0 Å². The summed E-state index contributed by atoms with van der Waals surface area (Å²) in [6, 6.07) is 16.9. The number of para-hydroxylation sites is 1. The van der Waals surface area contributed by atoms with Gasteiger partial charge in [0.15, 0.2) is 0 Å². The van der Waals surface area contributed by atoms with Crippen LogP contribution in [0.5, 0.6) is 0 Å². The number of rotatable bonds is 1. The molecule has 0 saturated carbocycles. The lowest BCUT2D eigenvalue weighted by Gasteiger charge is -2.18. The van der Waals surface area contributed by atoms with Crippen LogP contribution in [0.3, 0.4) is 0 Å². The van der Waals surface area contributed by atoms with Gasteiger partial charge in [-0.1, -0.05) is 42.5 Å². The molecule has 2 aromatic carbocycles. The maximum Gasteiger partial charge on any atom is 0.203 e. The summed E-state index contributed by atoms with van der Waals surface area (Å²) in [6.07, 6.45) is 1.92. The SMILES string of the molecule is O=S1(=O)C=C(c2ccccc2)n2ccc3cccc1c32. The molecule has 2 heterocycles. The molecular weight excluding hydrogens is 270 g/mol. The van der Waals surface area contributed by atoms with E-state index in [2.05, 4.69) is 0 Å². The summed E-state index contributed by atoms with van der Waals surface area (Å²) >= 11 is 0. The molecule has 0 fully saturated rings. The van der Waals surface area contributed by atoms with E-state index in [1.165, 1.54) is 5.41 Å². The van der Waals surface area contributed by atoms with Crippen LogP contribution in [0.1, 0.15) is 5.56 Å². The van der Waals surface area contributed by atoms with E-state index in [1.807, 2.05) is 53.2 Å². The van der Waals surface area contributed by atoms with Crippen molar-refractivity contribution >= 4 is 26.4 Å². The van der Waals surface area contributed by atoms with Crippen LogP contribution in [0.15, 0.2) is 71.1 Å². The standard InChI is InChI=1S/C16H11NO2S/c18-20(19)11-14(12-5-2-1-3-6-12)17-10-9-13-7-4-8-15(20)16(13)17/h1-11H. The minimum atomic E-state index is -3.40. The maximum atomic E-state index is 12.5. The normalized spacial score (nSPS) is 16.1. The molecule has 0 spiro atoms. The highest BCUT2D eigenvalue weighted by Crippen LogP contribution is 2.35. The predicted molar refractivity (Wildman–Crippen MR) is 78.9 cm³/mol. The Bertz CT molecular complexity index is 951. The average molecular weight is 281 g/mol. The second-order valence-electron chi connectivity index (χ2n) is 4.79. The molecule has 4 rings (SSSR count). The number of hydrogen-bond acceptors (Lipinski definition) is 2.